The van der Waals surface area contributed by atoms with Crippen LogP contribution in [-0.2, 0) is 20.9 Å². The molecule has 0 unspecified atom stereocenters. The summed E-state index contributed by atoms with van der Waals surface area (Å²) in [6.45, 7) is 7.92. The molecule has 0 saturated carbocycles. The van der Waals surface area contributed by atoms with Crippen molar-refractivity contribution in [2.45, 2.75) is 51.7 Å². The van der Waals surface area contributed by atoms with Crippen LogP contribution < -0.4 is 10.6 Å². The van der Waals surface area contributed by atoms with E-state index >= 15 is 0 Å². The van der Waals surface area contributed by atoms with Gasteiger partial charge in [-0.2, -0.15) is 5.10 Å². The van der Waals surface area contributed by atoms with E-state index in [1.165, 1.54) is 0 Å². The predicted molar refractivity (Wildman–Crippen MR) is 109 cm³/mol. The maximum atomic E-state index is 11.9. The first-order valence-electron chi connectivity index (χ1n) is 9.61. The summed E-state index contributed by atoms with van der Waals surface area (Å²) in [5, 5.41) is 12.1. The fourth-order valence-electron chi connectivity index (χ4n) is 2.51. The van der Waals surface area contributed by atoms with Crippen molar-refractivity contribution in [1.82, 2.24) is 25.1 Å². The zero-order valence-corrected chi connectivity index (χ0v) is 17.5. The molecule has 9 nitrogen and oxygen atoms in total. The summed E-state index contributed by atoms with van der Waals surface area (Å²) in [4.78, 5) is 32.4. The van der Waals surface area contributed by atoms with Gasteiger partial charge in [0.1, 0.15) is 5.82 Å². The van der Waals surface area contributed by atoms with Gasteiger partial charge in [0.2, 0.25) is 5.91 Å². The first-order valence-corrected chi connectivity index (χ1v) is 10.6. The van der Waals surface area contributed by atoms with E-state index in [4.69, 9.17) is 4.74 Å². The van der Waals surface area contributed by atoms with E-state index < -0.39 is 0 Å². The minimum atomic E-state index is -0.361. The number of amides is 1. The number of rotatable bonds is 12. The Morgan fingerprint density at radius 3 is 2.71 bits per heavy atom. The van der Waals surface area contributed by atoms with Crippen molar-refractivity contribution in [3.63, 3.8) is 0 Å². The highest BCUT2D eigenvalue weighted by molar-refractivity contribution is 7.99. The van der Waals surface area contributed by atoms with Crippen molar-refractivity contribution in [3.8, 4) is 0 Å². The number of hydrogen-bond acceptors (Lipinski definition) is 8. The maximum absolute atomic E-state index is 11.9. The Morgan fingerprint density at radius 2 is 2.00 bits per heavy atom. The van der Waals surface area contributed by atoms with E-state index in [-0.39, 0.29) is 24.7 Å². The molecule has 0 aromatic carbocycles. The summed E-state index contributed by atoms with van der Waals surface area (Å²) >= 11 is 1.57. The molecule has 0 spiro atoms. The Kier molecular flexibility index (Phi) is 8.99. The van der Waals surface area contributed by atoms with Gasteiger partial charge >= 0.3 is 5.97 Å². The average molecular weight is 409 g/mol. The predicted octanol–water partition coefficient (Wildman–Crippen LogP) is 2.22. The molecule has 1 amide bonds. The minimum Gasteiger partial charge on any atom is -0.466 e. The number of esters is 1. The molecule has 0 bridgehead atoms. The minimum absolute atomic E-state index is 0.0850. The van der Waals surface area contributed by atoms with Gasteiger partial charge < -0.3 is 15.4 Å². The molecule has 0 aliphatic carbocycles. The summed E-state index contributed by atoms with van der Waals surface area (Å²) in [6.07, 6.45) is 2.94. The Bertz CT molecular complexity index is 795. The molecule has 10 heteroatoms. The van der Waals surface area contributed by atoms with Crippen LogP contribution >= 0.6 is 11.8 Å². The van der Waals surface area contributed by atoms with E-state index in [0.29, 0.717) is 24.9 Å². The van der Waals surface area contributed by atoms with E-state index in [2.05, 4.69) is 39.5 Å². The number of fused-ring (bicyclic) bond motifs is 1. The highest BCUT2D eigenvalue weighted by atomic mass is 32.2. The van der Waals surface area contributed by atoms with E-state index in [0.717, 1.165) is 35.6 Å². The third-order valence-corrected chi connectivity index (χ3v) is 4.53. The number of hydrogen-bond donors (Lipinski definition) is 2. The van der Waals surface area contributed by atoms with Crippen molar-refractivity contribution in [1.29, 1.82) is 0 Å². The van der Waals surface area contributed by atoms with Gasteiger partial charge in [-0.15, -0.1) is 0 Å². The van der Waals surface area contributed by atoms with Crippen LogP contribution in [-0.4, -0.2) is 57.1 Å². The van der Waals surface area contributed by atoms with Crippen LogP contribution in [0.3, 0.4) is 0 Å². The Morgan fingerprint density at radius 1 is 1.18 bits per heavy atom. The molecule has 2 N–H and O–H groups in total. The van der Waals surface area contributed by atoms with Crippen LogP contribution in [0.5, 0.6) is 0 Å². The first-order chi connectivity index (χ1) is 13.6. The molecule has 2 heterocycles. The monoisotopic (exact) mass is 408 g/mol. The van der Waals surface area contributed by atoms with Crippen molar-refractivity contribution < 1.29 is 14.3 Å². The number of aromatic nitrogens is 4. The van der Waals surface area contributed by atoms with Gasteiger partial charge in [-0.05, 0) is 19.1 Å². The highest BCUT2D eigenvalue weighted by Crippen LogP contribution is 2.24. The van der Waals surface area contributed by atoms with Crippen molar-refractivity contribution in [2.24, 2.45) is 0 Å². The van der Waals surface area contributed by atoms with Gasteiger partial charge in [0, 0.05) is 19.5 Å². The van der Waals surface area contributed by atoms with Crippen LogP contribution in [0.4, 0.5) is 5.82 Å². The number of nitrogens with zero attached hydrogens (tertiary/aromatic N) is 4. The van der Waals surface area contributed by atoms with Crippen molar-refractivity contribution >= 4 is 40.5 Å². The van der Waals surface area contributed by atoms with E-state index in [1.807, 2.05) is 0 Å². The van der Waals surface area contributed by atoms with Crippen LogP contribution in [0, 0.1) is 0 Å². The number of anilines is 1. The first kappa shape index (κ1) is 21.9. The average Bonchev–Trinajstić information content (AvgIpc) is 3.08. The fourth-order valence-corrected chi connectivity index (χ4v) is 3.07. The lowest BCUT2D eigenvalue weighted by Crippen LogP contribution is -2.28. The SMILES string of the molecule is CCCNc1nc(SCC)nc2c1cnn2CCNC(=O)CCC(=O)OCC. The molecular weight excluding hydrogens is 380 g/mol. The topological polar surface area (TPSA) is 111 Å². The van der Waals surface area contributed by atoms with Gasteiger partial charge in [-0.1, -0.05) is 25.6 Å². The van der Waals surface area contributed by atoms with Crippen LogP contribution in [0.25, 0.3) is 11.0 Å². The molecule has 28 heavy (non-hydrogen) atoms. The molecule has 0 radical (unpaired) electrons. The lowest BCUT2D eigenvalue weighted by molar-refractivity contribution is -0.144. The summed E-state index contributed by atoms with van der Waals surface area (Å²) in [5.74, 6) is 1.11. The van der Waals surface area contributed by atoms with Crippen LogP contribution in [0.1, 0.15) is 40.0 Å². The smallest absolute Gasteiger partial charge is 0.306 e. The standard InChI is InChI=1S/C18H28N6O3S/c1-4-9-20-16-13-12-21-24(17(13)23-18(22-16)28-6-3)11-10-19-14(25)7-8-15(26)27-5-2/h12H,4-11H2,1-3H3,(H,19,25)(H,20,22,23). The highest BCUT2D eigenvalue weighted by Gasteiger charge is 2.13. The Hall–Kier alpha value is -2.36. The fraction of sp³-hybridized carbons (Fsp3) is 0.611. The number of thioether (sulfide) groups is 1. The quantitative estimate of drug-likeness (QED) is 0.312. The van der Waals surface area contributed by atoms with Gasteiger partial charge in [0.05, 0.1) is 31.2 Å². The molecule has 0 fully saturated rings. The molecule has 0 aliphatic heterocycles. The number of nitrogens with one attached hydrogen (secondary N) is 2. The third-order valence-electron chi connectivity index (χ3n) is 3.80. The lowest BCUT2D eigenvalue weighted by atomic mass is 10.3. The van der Waals surface area contributed by atoms with Crippen LogP contribution in [0.2, 0.25) is 0 Å². The molecule has 0 aliphatic rings. The lowest BCUT2D eigenvalue weighted by Gasteiger charge is -2.09. The van der Waals surface area contributed by atoms with E-state index in [9.17, 15) is 9.59 Å². The molecular formula is C18H28N6O3S. The Balaban J connectivity index is 1.99. The van der Waals surface area contributed by atoms with E-state index in [1.54, 1.807) is 29.6 Å². The van der Waals surface area contributed by atoms with Crippen LogP contribution in [0.15, 0.2) is 11.4 Å². The second-order valence-electron chi connectivity index (χ2n) is 5.97. The number of carbonyl (C=O) groups is 2. The Labute approximate surface area is 169 Å². The zero-order chi connectivity index (χ0) is 20.4. The largest absolute Gasteiger partial charge is 0.466 e. The van der Waals surface area contributed by atoms with Gasteiger partial charge in [-0.25, -0.2) is 14.6 Å². The van der Waals surface area contributed by atoms with Gasteiger partial charge in [0.25, 0.3) is 0 Å². The van der Waals surface area contributed by atoms with Crippen molar-refractivity contribution in [2.75, 3.05) is 30.8 Å². The normalized spacial score (nSPS) is 10.8. The third kappa shape index (κ3) is 6.36. The molecule has 2 aromatic heterocycles. The van der Waals surface area contributed by atoms with Crippen molar-refractivity contribution in [3.05, 3.63) is 6.20 Å². The molecule has 2 rings (SSSR count). The summed E-state index contributed by atoms with van der Waals surface area (Å²) in [6, 6.07) is 0. The summed E-state index contributed by atoms with van der Waals surface area (Å²) < 4.78 is 6.58. The second-order valence-corrected chi connectivity index (χ2v) is 7.21. The number of carbonyl (C=O) groups excluding carboxylic acids is 2. The second kappa shape index (κ2) is 11.5. The molecule has 2 aromatic rings. The van der Waals surface area contributed by atoms with Gasteiger partial charge in [-0.3, -0.25) is 9.59 Å². The summed E-state index contributed by atoms with van der Waals surface area (Å²) in [5.41, 5.74) is 0.741. The number of ether oxygens (including phenoxy) is 1. The zero-order valence-electron chi connectivity index (χ0n) is 16.7. The molecule has 0 atom stereocenters. The molecule has 154 valence electrons. The molecule has 0 saturated heterocycles. The van der Waals surface area contributed by atoms with Gasteiger partial charge in [0.15, 0.2) is 10.8 Å². The maximum Gasteiger partial charge on any atom is 0.306 e. The summed E-state index contributed by atoms with van der Waals surface area (Å²) in [7, 11) is 0.